The maximum atomic E-state index is 13.6. The van der Waals surface area contributed by atoms with E-state index in [0.717, 1.165) is 10.1 Å². The summed E-state index contributed by atoms with van der Waals surface area (Å²) in [5, 5.41) is 24.1. The van der Waals surface area contributed by atoms with Crippen LogP contribution in [0.15, 0.2) is 41.3 Å². The molecule has 0 saturated carbocycles. The van der Waals surface area contributed by atoms with Gasteiger partial charge in [0.25, 0.3) is 0 Å². The van der Waals surface area contributed by atoms with E-state index in [1.165, 1.54) is 26.1 Å². The van der Waals surface area contributed by atoms with Gasteiger partial charge in [0.1, 0.15) is 35.4 Å². The van der Waals surface area contributed by atoms with E-state index in [2.05, 4.69) is 10.1 Å². The fraction of sp³-hybridized carbons (Fsp3) is 0.500. The number of nitrogens with one attached hydrogen (secondary N) is 1. The minimum absolute atomic E-state index is 0.0228. The highest BCUT2D eigenvalue weighted by Gasteiger charge is 2.54. The Morgan fingerprint density at radius 3 is 2.78 bits per heavy atom. The third-order valence-corrected chi connectivity index (χ3v) is 7.12. The van der Waals surface area contributed by atoms with Crippen LogP contribution >= 0.6 is 7.75 Å². The molecule has 1 aromatic carbocycles. The number of anilines is 1. The van der Waals surface area contributed by atoms with Gasteiger partial charge in [-0.25, -0.2) is 9.36 Å². The molecule has 0 aliphatic carbocycles. The summed E-state index contributed by atoms with van der Waals surface area (Å²) in [5.41, 5.74) is 3.60. The number of hydrogen-bond acceptors (Lipinski definition) is 11. The molecule has 2 aromatic rings. The number of aliphatic hydroxyl groups excluding tert-OH is 1. The second-order valence-corrected chi connectivity index (χ2v) is 10.2. The first-order valence-electron chi connectivity index (χ1n) is 11.2. The maximum absolute atomic E-state index is 13.6. The Hall–Kier alpha value is -2.80. The lowest BCUT2D eigenvalue weighted by Gasteiger charge is -2.27. The third-order valence-electron chi connectivity index (χ3n) is 5.47. The van der Waals surface area contributed by atoms with Gasteiger partial charge in [-0.05, 0) is 51.5 Å². The molecule has 198 valence electrons. The number of aliphatic hydroxyl groups is 2. The molecule has 0 spiro atoms. The van der Waals surface area contributed by atoms with Crippen molar-refractivity contribution >= 4 is 19.5 Å². The fourth-order valence-corrected chi connectivity index (χ4v) is 5.11. The van der Waals surface area contributed by atoms with Gasteiger partial charge < -0.3 is 29.9 Å². The van der Waals surface area contributed by atoms with Crippen LogP contribution in [-0.2, 0) is 23.4 Å². The second kappa shape index (κ2) is 11.1. The second-order valence-electron chi connectivity index (χ2n) is 8.54. The Balaban J connectivity index is 1.81. The highest BCUT2D eigenvalue weighted by atomic mass is 31.2. The topological polar surface area (TPSA) is 184 Å². The van der Waals surface area contributed by atoms with Gasteiger partial charge in [-0.2, -0.15) is 10.1 Å². The predicted octanol–water partition coefficient (Wildman–Crippen LogP) is 0.888. The van der Waals surface area contributed by atoms with Gasteiger partial charge in [0, 0.05) is 6.20 Å². The van der Waals surface area contributed by atoms with E-state index in [4.69, 9.17) is 24.3 Å². The van der Waals surface area contributed by atoms with Gasteiger partial charge in [-0.1, -0.05) is 12.1 Å². The molecule has 1 fully saturated rings. The summed E-state index contributed by atoms with van der Waals surface area (Å²) in [4.78, 5) is 28.0. The summed E-state index contributed by atoms with van der Waals surface area (Å²) in [6.07, 6.45) is -2.86. The molecule has 14 heteroatoms. The van der Waals surface area contributed by atoms with E-state index in [9.17, 15) is 24.4 Å². The summed E-state index contributed by atoms with van der Waals surface area (Å²) < 4.78 is 36.4. The Bertz CT molecular complexity index is 1190. The molecule has 5 N–H and O–H groups in total. The molecule has 1 aliphatic heterocycles. The number of aryl methyl sites for hydroxylation is 1. The number of nitrogens with two attached hydrogens (primary N) is 1. The van der Waals surface area contributed by atoms with Crippen molar-refractivity contribution in [1.29, 1.82) is 0 Å². The molecule has 13 nitrogen and oxygen atoms in total. The molecule has 1 saturated heterocycles. The van der Waals surface area contributed by atoms with Gasteiger partial charge in [0.15, 0.2) is 6.23 Å². The van der Waals surface area contributed by atoms with Crippen molar-refractivity contribution in [2.45, 2.75) is 57.8 Å². The summed E-state index contributed by atoms with van der Waals surface area (Å²) in [5.74, 6) is -0.492. The molecular formula is C22H31N4O9P. The molecule has 1 aliphatic rings. The number of hydrogen-bond donors (Lipinski definition) is 4. The van der Waals surface area contributed by atoms with Crippen molar-refractivity contribution in [3.8, 4) is 5.75 Å². The van der Waals surface area contributed by atoms with Crippen LogP contribution in [0.5, 0.6) is 5.75 Å². The number of carbonyl (C=O) groups is 1. The average molecular weight is 526 g/mol. The SMILES string of the molecule is CCOC(=O)[C@H](C)NP(=O)(OC[C@H]1OC(n2ccc(N)nc2=O)[C@](C)(O)[C@@H]1O)Oc1cccc(C)c1. The zero-order valence-electron chi connectivity index (χ0n) is 20.4. The molecule has 0 amide bonds. The number of ether oxygens (including phenoxy) is 2. The molecule has 36 heavy (non-hydrogen) atoms. The lowest BCUT2D eigenvalue weighted by molar-refractivity contribution is -0.144. The van der Waals surface area contributed by atoms with Crippen LogP contribution in [0.4, 0.5) is 5.82 Å². The number of carbonyl (C=O) groups excluding carboxylic acids is 1. The van der Waals surface area contributed by atoms with E-state index in [1.807, 2.05) is 13.0 Å². The molecule has 2 heterocycles. The van der Waals surface area contributed by atoms with Gasteiger partial charge >= 0.3 is 19.4 Å². The molecule has 6 atom stereocenters. The quantitative estimate of drug-likeness (QED) is 0.254. The molecule has 3 rings (SSSR count). The fourth-order valence-electron chi connectivity index (χ4n) is 3.61. The first-order chi connectivity index (χ1) is 16.9. The summed E-state index contributed by atoms with van der Waals surface area (Å²) in [6.45, 7) is 5.73. The Morgan fingerprint density at radius 2 is 2.14 bits per heavy atom. The molecule has 0 radical (unpaired) electrons. The standard InChI is InChI=1S/C22H31N4O9P/c1-5-32-19(28)14(3)25-36(31,35-15-8-6-7-13(2)11-15)33-12-16-18(27)22(4,30)20(34-16)26-10-9-17(23)24-21(26)29/h6-11,14,16,18,20,27,30H,5,12H2,1-4H3,(H,25,31)(H2,23,24,29)/t14-,16+,18+,20?,22+,36?/m0/s1. The van der Waals surface area contributed by atoms with Gasteiger partial charge in [-0.3, -0.25) is 13.9 Å². The maximum Gasteiger partial charge on any atom is 0.459 e. The van der Waals surface area contributed by atoms with Crippen molar-refractivity contribution in [2.24, 2.45) is 0 Å². The number of esters is 1. The van der Waals surface area contributed by atoms with E-state index >= 15 is 0 Å². The Labute approximate surface area is 207 Å². The summed E-state index contributed by atoms with van der Waals surface area (Å²) in [6, 6.07) is 6.95. The minimum atomic E-state index is -4.24. The lowest BCUT2D eigenvalue weighted by atomic mass is 9.96. The molecule has 0 bridgehead atoms. The molecule has 2 unspecified atom stereocenters. The van der Waals surface area contributed by atoms with Crippen LogP contribution in [0.1, 0.15) is 32.6 Å². The largest absolute Gasteiger partial charge is 0.465 e. The first kappa shape index (κ1) is 27.8. The van der Waals surface area contributed by atoms with Gasteiger partial charge in [0.05, 0.1) is 13.2 Å². The highest BCUT2D eigenvalue weighted by Crippen LogP contribution is 2.47. The Morgan fingerprint density at radius 1 is 1.42 bits per heavy atom. The van der Waals surface area contributed by atoms with E-state index in [1.54, 1.807) is 25.1 Å². The van der Waals surface area contributed by atoms with E-state index in [-0.39, 0.29) is 18.2 Å². The normalized spacial score (nSPS) is 26.2. The van der Waals surface area contributed by atoms with Crippen molar-refractivity contribution in [3.05, 3.63) is 52.6 Å². The predicted molar refractivity (Wildman–Crippen MR) is 128 cm³/mol. The van der Waals surface area contributed by atoms with Gasteiger partial charge in [0.2, 0.25) is 0 Å². The van der Waals surface area contributed by atoms with Crippen molar-refractivity contribution in [2.75, 3.05) is 18.9 Å². The van der Waals surface area contributed by atoms with Crippen LogP contribution in [-0.4, -0.2) is 62.8 Å². The average Bonchev–Trinajstić information content (AvgIpc) is 3.01. The number of benzene rings is 1. The smallest absolute Gasteiger partial charge is 0.459 e. The summed E-state index contributed by atoms with van der Waals surface area (Å²) >= 11 is 0. The Kier molecular flexibility index (Phi) is 8.55. The van der Waals surface area contributed by atoms with Crippen LogP contribution in [0.2, 0.25) is 0 Å². The highest BCUT2D eigenvalue weighted by molar-refractivity contribution is 7.52. The van der Waals surface area contributed by atoms with Crippen LogP contribution in [0, 0.1) is 6.92 Å². The van der Waals surface area contributed by atoms with E-state index in [0.29, 0.717) is 0 Å². The first-order valence-corrected chi connectivity index (χ1v) is 12.8. The molecular weight excluding hydrogens is 495 g/mol. The zero-order chi connectivity index (χ0) is 26.7. The number of nitrogen functional groups attached to an aromatic ring is 1. The number of rotatable bonds is 10. The van der Waals surface area contributed by atoms with Crippen LogP contribution in [0.25, 0.3) is 0 Å². The monoisotopic (exact) mass is 526 g/mol. The van der Waals surface area contributed by atoms with Crippen LogP contribution < -0.4 is 21.0 Å². The van der Waals surface area contributed by atoms with Crippen molar-refractivity contribution in [1.82, 2.24) is 14.6 Å². The molecule has 1 aromatic heterocycles. The zero-order valence-corrected chi connectivity index (χ0v) is 21.3. The van der Waals surface area contributed by atoms with Gasteiger partial charge in [-0.15, -0.1) is 0 Å². The lowest BCUT2D eigenvalue weighted by Crippen LogP contribution is -2.46. The summed E-state index contributed by atoms with van der Waals surface area (Å²) in [7, 11) is -4.24. The third kappa shape index (κ3) is 6.30. The van der Waals surface area contributed by atoms with Crippen LogP contribution in [0.3, 0.4) is 0 Å². The van der Waals surface area contributed by atoms with Crippen molar-refractivity contribution < 1.29 is 38.1 Å². The number of nitrogens with zero attached hydrogens (tertiary/aromatic N) is 2. The number of aromatic nitrogens is 2. The van der Waals surface area contributed by atoms with E-state index < -0.39 is 56.1 Å². The van der Waals surface area contributed by atoms with Crippen molar-refractivity contribution in [3.63, 3.8) is 0 Å². The minimum Gasteiger partial charge on any atom is -0.465 e.